The average Bonchev–Trinajstić information content (AvgIpc) is 2.54. The van der Waals surface area contributed by atoms with Crippen molar-refractivity contribution < 1.29 is 19.5 Å². The van der Waals surface area contributed by atoms with Crippen LogP contribution < -0.4 is 5.32 Å². The Morgan fingerprint density at radius 2 is 1.78 bits per heavy atom. The van der Waals surface area contributed by atoms with Gasteiger partial charge < -0.3 is 10.4 Å². The van der Waals surface area contributed by atoms with Crippen molar-refractivity contribution in [1.29, 1.82) is 0 Å². The van der Waals surface area contributed by atoms with E-state index in [1.807, 2.05) is 0 Å². The topological polar surface area (TPSA) is 86.7 Å². The van der Waals surface area contributed by atoms with Crippen LogP contribution in [-0.4, -0.2) is 40.5 Å². The summed E-state index contributed by atoms with van der Waals surface area (Å²) in [5.74, 6) is -0.760. The molecule has 2 N–H and O–H groups in total. The number of carbonyl (C=O) groups excluding carboxylic acids is 2. The minimum atomic E-state index is -1.18. The second-order valence-corrected chi connectivity index (χ2v) is 4.12. The van der Waals surface area contributed by atoms with Crippen LogP contribution >= 0.6 is 0 Å². The Bertz CT molecular complexity index is 492. The Labute approximate surface area is 103 Å². The number of fused-ring (bicyclic) bond motifs is 1. The molecule has 0 aromatic heterocycles. The second-order valence-electron chi connectivity index (χ2n) is 4.12. The Kier molecular flexibility index (Phi) is 3.01. The highest BCUT2D eigenvalue weighted by molar-refractivity contribution is 6.21. The number of amides is 3. The SMILES string of the molecule is CC(CN1C(=O)c2ccccc2C1=O)NC(=O)O. The lowest BCUT2D eigenvalue weighted by atomic mass is 10.1. The van der Waals surface area contributed by atoms with E-state index in [0.29, 0.717) is 11.1 Å². The van der Waals surface area contributed by atoms with Crippen molar-refractivity contribution in [2.24, 2.45) is 0 Å². The molecule has 0 saturated carbocycles. The van der Waals surface area contributed by atoms with Gasteiger partial charge in [0.1, 0.15) is 0 Å². The second kappa shape index (κ2) is 4.48. The summed E-state index contributed by atoms with van der Waals surface area (Å²) in [4.78, 5) is 35.4. The van der Waals surface area contributed by atoms with Gasteiger partial charge in [-0.25, -0.2) is 4.79 Å². The van der Waals surface area contributed by atoms with Gasteiger partial charge in [0.25, 0.3) is 11.8 Å². The number of hydrogen-bond acceptors (Lipinski definition) is 3. The zero-order valence-electron chi connectivity index (χ0n) is 9.71. The molecule has 1 aromatic rings. The van der Waals surface area contributed by atoms with Crippen LogP contribution in [0.15, 0.2) is 24.3 Å². The Hall–Kier alpha value is -2.37. The highest BCUT2D eigenvalue weighted by Gasteiger charge is 2.35. The molecule has 1 aromatic carbocycles. The van der Waals surface area contributed by atoms with E-state index >= 15 is 0 Å². The highest BCUT2D eigenvalue weighted by atomic mass is 16.4. The number of carbonyl (C=O) groups is 3. The summed E-state index contributed by atoms with van der Waals surface area (Å²) in [5.41, 5.74) is 0.732. The maximum Gasteiger partial charge on any atom is 0.404 e. The van der Waals surface area contributed by atoms with Crippen LogP contribution in [0.3, 0.4) is 0 Å². The molecule has 3 amide bonds. The maximum atomic E-state index is 12.0. The number of nitrogens with one attached hydrogen (secondary N) is 1. The molecule has 2 rings (SSSR count). The van der Waals surface area contributed by atoms with Crippen molar-refractivity contribution in [3.05, 3.63) is 35.4 Å². The first kappa shape index (κ1) is 12.1. The molecule has 1 heterocycles. The van der Waals surface area contributed by atoms with Crippen molar-refractivity contribution in [1.82, 2.24) is 10.2 Å². The molecule has 0 radical (unpaired) electrons. The molecule has 0 aliphatic carbocycles. The lowest BCUT2D eigenvalue weighted by molar-refractivity contribution is 0.0639. The maximum absolute atomic E-state index is 12.0. The molecule has 6 nitrogen and oxygen atoms in total. The number of carboxylic acid groups (broad SMARTS) is 1. The van der Waals surface area contributed by atoms with Crippen LogP contribution in [0, 0.1) is 0 Å². The van der Waals surface area contributed by atoms with Gasteiger partial charge in [0.05, 0.1) is 11.1 Å². The summed E-state index contributed by atoms with van der Waals surface area (Å²) in [6.07, 6.45) is -1.18. The molecule has 6 heteroatoms. The van der Waals surface area contributed by atoms with Crippen molar-refractivity contribution in [2.45, 2.75) is 13.0 Å². The molecule has 1 unspecified atom stereocenters. The van der Waals surface area contributed by atoms with Crippen LogP contribution in [0.25, 0.3) is 0 Å². The van der Waals surface area contributed by atoms with Gasteiger partial charge >= 0.3 is 6.09 Å². The molecule has 1 aliphatic heterocycles. The van der Waals surface area contributed by atoms with Crippen LogP contribution in [0.1, 0.15) is 27.6 Å². The number of hydrogen-bond donors (Lipinski definition) is 2. The lowest BCUT2D eigenvalue weighted by Gasteiger charge is -2.18. The van der Waals surface area contributed by atoms with Gasteiger partial charge in [-0.1, -0.05) is 12.1 Å². The molecular formula is C12H12N2O4. The van der Waals surface area contributed by atoms with Gasteiger partial charge in [-0.3, -0.25) is 14.5 Å². The zero-order chi connectivity index (χ0) is 13.3. The molecular weight excluding hydrogens is 236 g/mol. The smallest absolute Gasteiger partial charge is 0.404 e. The van der Waals surface area contributed by atoms with Gasteiger partial charge in [0, 0.05) is 12.6 Å². The normalized spacial score (nSPS) is 15.5. The lowest BCUT2D eigenvalue weighted by Crippen LogP contribution is -2.43. The van der Waals surface area contributed by atoms with E-state index in [1.54, 1.807) is 31.2 Å². The van der Waals surface area contributed by atoms with E-state index in [1.165, 1.54) is 0 Å². The molecule has 1 atom stereocenters. The van der Waals surface area contributed by atoms with Crippen LogP contribution in [0.5, 0.6) is 0 Å². The van der Waals surface area contributed by atoms with Gasteiger partial charge in [-0.15, -0.1) is 0 Å². The highest BCUT2D eigenvalue weighted by Crippen LogP contribution is 2.22. The first-order valence-electron chi connectivity index (χ1n) is 5.45. The quantitative estimate of drug-likeness (QED) is 0.779. The predicted octanol–water partition coefficient (Wildman–Crippen LogP) is 0.939. The van der Waals surface area contributed by atoms with Gasteiger partial charge in [-0.05, 0) is 19.1 Å². The fourth-order valence-corrected chi connectivity index (χ4v) is 1.94. The minimum absolute atomic E-state index is 0.0264. The van der Waals surface area contributed by atoms with E-state index < -0.39 is 12.1 Å². The number of nitrogens with zero attached hydrogens (tertiary/aromatic N) is 1. The summed E-state index contributed by atoms with van der Waals surface area (Å²) < 4.78 is 0. The molecule has 0 bridgehead atoms. The van der Waals surface area contributed by atoms with E-state index in [4.69, 9.17) is 5.11 Å². The van der Waals surface area contributed by atoms with Crippen molar-refractivity contribution in [3.63, 3.8) is 0 Å². The van der Waals surface area contributed by atoms with Crippen LogP contribution in [0.2, 0.25) is 0 Å². The summed E-state index contributed by atoms with van der Waals surface area (Å²) in [7, 11) is 0. The largest absolute Gasteiger partial charge is 0.465 e. The van der Waals surface area contributed by atoms with Crippen molar-refractivity contribution in [3.8, 4) is 0 Å². The van der Waals surface area contributed by atoms with E-state index in [0.717, 1.165) is 4.90 Å². The summed E-state index contributed by atoms with van der Waals surface area (Å²) in [5, 5.41) is 10.8. The molecule has 18 heavy (non-hydrogen) atoms. The first-order valence-corrected chi connectivity index (χ1v) is 5.45. The van der Waals surface area contributed by atoms with Crippen molar-refractivity contribution >= 4 is 17.9 Å². The summed E-state index contributed by atoms with van der Waals surface area (Å²) in [6.45, 7) is 1.62. The van der Waals surface area contributed by atoms with Gasteiger partial charge in [-0.2, -0.15) is 0 Å². The molecule has 0 spiro atoms. The molecule has 0 fully saturated rings. The average molecular weight is 248 g/mol. The van der Waals surface area contributed by atoms with Gasteiger partial charge in [0.15, 0.2) is 0 Å². The third kappa shape index (κ3) is 2.04. The van der Waals surface area contributed by atoms with Crippen molar-refractivity contribution in [2.75, 3.05) is 6.54 Å². The van der Waals surface area contributed by atoms with E-state index in [9.17, 15) is 14.4 Å². The Balaban J connectivity index is 2.16. The monoisotopic (exact) mass is 248 g/mol. The summed E-state index contributed by atoms with van der Waals surface area (Å²) in [6, 6.07) is 6.04. The zero-order valence-corrected chi connectivity index (χ0v) is 9.71. The fourth-order valence-electron chi connectivity index (χ4n) is 1.94. The van der Waals surface area contributed by atoms with E-state index in [2.05, 4.69) is 5.32 Å². The van der Waals surface area contributed by atoms with Gasteiger partial charge in [0.2, 0.25) is 0 Å². The number of rotatable bonds is 3. The molecule has 1 aliphatic rings. The predicted molar refractivity (Wildman–Crippen MR) is 62.4 cm³/mol. The molecule has 0 saturated heterocycles. The van der Waals surface area contributed by atoms with E-state index in [-0.39, 0.29) is 18.4 Å². The summed E-state index contributed by atoms with van der Waals surface area (Å²) >= 11 is 0. The standard InChI is InChI=1S/C12H12N2O4/c1-7(13-12(17)18)6-14-10(15)8-4-2-3-5-9(8)11(14)16/h2-5,7,13H,6H2,1H3,(H,17,18). The Morgan fingerprint density at radius 3 is 2.22 bits per heavy atom. The minimum Gasteiger partial charge on any atom is -0.465 e. The third-order valence-corrected chi connectivity index (χ3v) is 2.70. The Morgan fingerprint density at radius 1 is 1.28 bits per heavy atom. The molecule has 94 valence electrons. The van der Waals surface area contributed by atoms with Crippen LogP contribution in [0.4, 0.5) is 4.79 Å². The number of benzene rings is 1. The van der Waals surface area contributed by atoms with Crippen LogP contribution in [-0.2, 0) is 0 Å². The fraction of sp³-hybridized carbons (Fsp3) is 0.250. The third-order valence-electron chi connectivity index (χ3n) is 2.70. The number of imide groups is 1. The first-order chi connectivity index (χ1) is 8.50.